The van der Waals surface area contributed by atoms with Crippen molar-refractivity contribution in [3.63, 3.8) is 0 Å². The third-order valence-corrected chi connectivity index (χ3v) is 2.74. The molecule has 2 atom stereocenters. The van der Waals surface area contributed by atoms with Crippen molar-refractivity contribution >= 4 is 0 Å². The Labute approximate surface area is 91.6 Å². The highest BCUT2D eigenvalue weighted by molar-refractivity contribution is 5.09. The number of aromatic nitrogens is 2. The number of nitrogens with one attached hydrogen (secondary N) is 1. The number of rotatable bonds is 6. The minimum atomic E-state index is 0.317. The predicted molar refractivity (Wildman–Crippen MR) is 60.7 cm³/mol. The van der Waals surface area contributed by atoms with Crippen molar-refractivity contribution in [2.75, 3.05) is 14.2 Å². The molecule has 0 amide bonds. The van der Waals surface area contributed by atoms with Gasteiger partial charge in [-0.2, -0.15) is 5.10 Å². The zero-order valence-electron chi connectivity index (χ0n) is 10.0. The fourth-order valence-electron chi connectivity index (χ4n) is 1.62. The van der Waals surface area contributed by atoms with Gasteiger partial charge < -0.3 is 10.1 Å². The van der Waals surface area contributed by atoms with E-state index in [0.717, 1.165) is 12.8 Å². The second-order valence-corrected chi connectivity index (χ2v) is 3.91. The number of hydrogen-bond donors (Lipinski definition) is 1. The van der Waals surface area contributed by atoms with E-state index < -0.39 is 0 Å². The first-order valence-corrected chi connectivity index (χ1v) is 5.36. The highest BCUT2D eigenvalue weighted by atomic mass is 16.5. The van der Waals surface area contributed by atoms with E-state index in [1.807, 2.05) is 25.0 Å². The van der Waals surface area contributed by atoms with Crippen LogP contribution in [0.5, 0.6) is 0 Å². The summed E-state index contributed by atoms with van der Waals surface area (Å²) in [6.07, 6.45) is 6.41. The molecule has 2 unspecified atom stereocenters. The molecule has 0 saturated carbocycles. The molecule has 0 fully saturated rings. The average Bonchev–Trinajstić information content (AvgIpc) is 2.65. The number of hydrogen-bond acceptors (Lipinski definition) is 3. The number of ether oxygens (including phenoxy) is 1. The Bertz CT molecular complexity index is 285. The smallest absolute Gasteiger partial charge is 0.0543 e. The number of aryl methyl sites for hydroxylation is 1. The van der Waals surface area contributed by atoms with Gasteiger partial charge in [0.25, 0.3) is 0 Å². The van der Waals surface area contributed by atoms with E-state index in [-0.39, 0.29) is 0 Å². The average molecular weight is 211 g/mol. The van der Waals surface area contributed by atoms with Crippen molar-refractivity contribution in [1.29, 1.82) is 0 Å². The molecule has 1 aromatic rings. The molecule has 15 heavy (non-hydrogen) atoms. The zero-order chi connectivity index (χ0) is 11.3. The SMILES string of the molecule is CNC(CCC(C)OC)c1cnn(C)c1. The highest BCUT2D eigenvalue weighted by Crippen LogP contribution is 2.18. The van der Waals surface area contributed by atoms with E-state index in [0.29, 0.717) is 12.1 Å². The first kappa shape index (κ1) is 12.2. The van der Waals surface area contributed by atoms with Crippen molar-refractivity contribution in [3.05, 3.63) is 18.0 Å². The zero-order valence-corrected chi connectivity index (χ0v) is 10.0. The van der Waals surface area contributed by atoms with Crippen LogP contribution in [0.1, 0.15) is 31.4 Å². The van der Waals surface area contributed by atoms with Gasteiger partial charge in [-0.25, -0.2) is 0 Å². The lowest BCUT2D eigenvalue weighted by atomic mass is 10.0. The lowest BCUT2D eigenvalue weighted by Crippen LogP contribution is -2.18. The summed E-state index contributed by atoms with van der Waals surface area (Å²) in [6.45, 7) is 2.09. The lowest BCUT2D eigenvalue weighted by Gasteiger charge is -2.16. The first-order valence-electron chi connectivity index (χ1n) is 5.36. The van der Waals surface area contributed by atoms with Crippen LogP contribution < -0.4 is 5.32 Å². The van der Waals surface area contributed by atoms with Crippen LogP contribution in [0.2, 0.25) is 0 Å². The van der Waals surface area contributed by atoms with Crippen LogP contribution in [0.4, 0.5) is 0 Å². The van der Waals surface area contributed by atoms with Crippen molar-refractivity contribution in [3.8, 4) is 0 Å². The molecule has 0 spiro atoms. The highest BCUT2D eigenvalue weighted by Gasteiger charge is 2.12. The molecule has 1 N–H and O–H groups in total. The molecule has 0 aliphatic heterocycles. The molecule has 1 heterocycles. The molecule has 1 rings (SSSR count). The largest absolute Gasteiger partial charge is 0.382 e. The number of methoxy groups -OCH3 is 1. The van der Waals surface area contributed by atoms with E-state index >= 15 is 0 Å². The Kier molecular flexibility index (Phi) is 4.78. The molecule has 4 nitrogen and oxygen atoms in total. The van der Waals surface area contributed by atoms with Crippen LogP contribution in [-0.4, -0.2) is 30.0 Å². The van der Waals surface area contributed by atoms with Crippen molar-refractivity contribution in [2.24, 2.45) is 7.05 Å². The van der Waals surface area contributed by atoms with Crippen LogP contribution in [0.25, 0.3) is 0 Å². The van der Waals surface area contributed by atoms with Crippen molar-refractivity contribution in [2.45, 2.75) is 31.9 Å². The van der Waals surface area contributed by atoms with E-state index in [9.17, 15) is 0 Å². The third-order valence-electron chi connectivity index (χ3n) is 2.74. The van der Waals surface area contributed by atoms with Crippen molar-refractivity contribution in [1.82, 2.24) is 15.1 Å². The van der Waals surface area contributed by atoms with E-state index in [2.05, 4.69) is 23.5 Å². The molecule has 1 aromatic heterocycles. The van der Waals surface area contributed by atoms with Gasteiger partial charge in [-0.05, 0) is 26.8 Å². The third kappa shape index (κ3) is 3.64. The van der Waals surface area contributed by atoms with E-state index in [1.165, 1.54) is 5.56 Å². The maximum atomic E-state index is 5.24. The summed E-state index contributed by atoms with van der Waals surface area (Å²) in [5.74, 6) is 0. The van der Waals surface area contributed by atoms with Gasteiger partial charge in [0.15, 0.2) is 0 Å². The van der Waals surface area contributed by atoms with Crippen LogP contribution in [0, 0.1) is 0 Å². The maximum absolute atomic E-state index is 5.24. The van der Waals surface area contributed by atoms with Crippen LogP contribution >= 0.6 is 0 Å². The summed E-state index contributed by atoms with van der Waals surface area (Å²) in [5.41, 5.74) is 1.24. The summed E-state index contributed by atoms with van der Waals surface area (Å²) in [4.78, 5) is 0. The molecule has 0 aromatic carbocycles. The Morgan fingerprint density at radius 1 is 1.53 bits per heavy atom. The molecule has 0 bridgehead atoms. The molecule has 0 radical (unpaired) electrons. The van der Waals surface area contributed by atoms with E-state index in [1.54, 1.807) is 7.11 Å². The first-order chi connectivity index (χ1) is 7.17. The fourth-order valence-corrected chi connectivity index (χ4v) is 1.62. The minimum absolute atomic E-state index is 0.317. The topological polar surface area (TPSA) is 39.1 Å². The Hall–Kier alpha value is -0.870. The second kappa shape index (κ2) is 5.88. The Balaban J connectivity index is 2.49. The second-order valence-electron chi connectivity index (χ2n) is 3.91. The molecule has 4 heteroatoms. The van der Waals surface area contributed by atoms with Gasteiger partial charge >= 0.3 is 0 Å². The van der Waals surface area contributed by atoms with Gasteiger partial charge in [0.1, 0.15) is 0 Å². The van der Waals surface area contributed by atoms with Crippen LogP contribution in [-0.2, 0) is 11.8 Å². The number of nitrogens with zero attached hydrogens (tertiary/aromatic N) is 2. The van der Waals surface area contributed by atoms with Crippen LogP contribution in [0.15, 0.2) is 12.4 Å². The summed E-state index contributed by atoms with van der Waals surface area (Å²) in [5, 5.41) is 7.48. The summed E-state index contributed by atoms with van der Waals surface area (Å²) < 4.78 is 7.07. The van der Waals surface area contributed by atoms with Gasteiger partial charge in [-0.1, -0.05) is 0 Å². The molecular formula is C11H21N3O. The van der Waals surface area contributed by atoms with Gasteiger partial charge in [-0.15, -0.1) is 0 Å². The molecule has 0 saturated heterocycles. The fraction of sp³-hybridized carbons (Fsp3) is 0.727. The van der Waals surface area contributed by atoms with Gasteiger partial charge in [0.2, 0.25) is 0 Å². The normalized spacial score (nSPS) is 15.2. The molecule has 86 valence electrons. The van der Waals surface area contributed by atoms with Gasteiger partial charge in [0, 0.05) is 32.0 Å². The molecule has 0 aliphatic carbocycles. The standard InChI is InChI=1S/C11H21N3O/c1-9(15-4)5-6-11(12-2)10-7-13-14(3)8-10/h7-9,11-12H,5-6H2,1-4H3. The Morgan fingerprint density at radius 2 is 2.27 bits per heavy atom. The van der Waals surface area contributed by atoms with Gasteiger partial charge in [0.05, 0.1) is 12.3 Å². The Morgan fingerprint density at radius 3 is 2.73 bits per heavy atom. The van der Waals surface area contributed by atoms with E-state index in [4.69, 9.17) is 4.74 Å². The molecule has 0 aliphatic rings. The monoisotopic (exact) mass is 211 g/mol. The summed E-state index contributed by atoms with van der Waals surface area (Å²) in [6, 6.07) is 0.372. The van der Waals surface area contributed by atoms with Gasteiger partial charge in [-0.3, -0.25) is 4.68 Å². The quantitative estimate of drug-likeness (QED) is 0.775. The van der Waals surface area contributed by atoms with Crippen LogP contribution in [0.3, 0.4) is 0 Å². The predicted octanol–water partition coefficient (Wildman–Crippen LogP) is 1.50. The lowest BCUT2D eigenvalue weighted by molar-refractivity contribution is 0.106. The minimum Gasteiger partial charge on any atom is -0.382 e. The summed E-state index contributed by atoms with van der Waals surface area (Å²) in [7, 11) is 5.67. The summed E-state index contributed by atoms with van der Waals surface area (Å²) >= 11 is 0. The molecular weight excluding hydrogens is 190 g/mol. The van der Waals surface area contributed by atoms with Crippen molar-refractivity contribution < 1.29 is 4.74 Å². The maximum Gasteiger partial charge on any atom is 0.0543 e.